The smallest absolute Gasteiger partial charge is 0.255 e. The first-order valence-corrected chi connectivity index (χ1v) is 9.45. The van der Waals surface area contributed by atoms with Crippen molar-refractivity contribution in [3.8, 4) is 5.75 Å². The number of hydrogen-bond donors (Lipinski definition) is 1. The van der Waals surface area contributed by atoms with E-state index in [0.717, 1.165) is 36.9 Å². The lowest BCUT2D eigenvalue weighted by molar-refractivity contribution is 0.102. The summed E-state index contributed by atoms with van der Waals surface area (Å²) in [6.45, 7) is 0. The number of methoxy groups -OCH3 is 1. The van der Waals surface area contributed by atoms with Gasteiger partial charge in [-0.1, -0.05) is 11.8 Å². The Morgan fingerprint density at radius 2 is 2.00 bits per heavy atom. The number of carbonyl (C=O) groups excluding carboxylic acids is 1. The first-order valence-electron chi connectivity index (χ1n) is 8.46. The normalized spacial score (nSPS) is 13.6. The molecule has 0 aliphatic heterocycles. The number of H-pyrrole nitrogens is 1. The minimum absolute atomic E-state index is 0.00713. The number of Topliss-reactive ketones (excluding diaryl/α,β-unsaturated/α-hetero) is 1. The van der Waals surface area contributed by atoms with Gasteiger partial charge in [0.15, 0.2) is 10.9 Å². The van der Waals surface area contributed by atoms with Crippen LogP contribution in [0.1, 0.15) is 34.5 Å². The van der Waals surface area contributed by atoms with E-state index < -0.39 is 0 Å². The zero-order valence-corrected chi connectivity index (χ0v) is 15.1. The van der Waals surface area contributed by atoms with Gasteiger partial charge in [-0.2, -0.15) is 0 Å². The summed E-state index contributed by atoms with van der Waals surface area (Å²) in [7, 11) is 1.59. The van der Waals surface area contributed by atoms with Crippen molar-refractivity contribution < 1.29 is 9.53 Å². The quantitative estimate of drug-likeness (QED) is 0.547. The molecule has 1 N–H and O–H groups in total. The van der Waals surface area contributed by atoms with Gasteiger partial charge in [-0.3, -0.25) is 19.0 Å². The SMILES string of the molecule is COc1ccc(C(=O)CSc2nnc3[nH]c(=O)c4c(n23)CCCC4)cc1. The van der Waals surface area contributed by atoms with Crippen LogP contribution in [-0.2, 0) is 12.8 Å². The second-order valence-corrected chi connectivity index (χ2v) is 7.11. The van der Waals surface area contributed by atoms with E-state index in [0.29, 0.717) is 22.2 Å². The number of ether oxygens (including phenoxy) is 1. The topological polar surface area (TPSA) is 89.3 Å². The highest BCUT2D eigenvalue weighted by molar-refractivity contribution is 7.99. The molecule has 1 aliphatic carbocycles. The van der Waals surface area contributed by atoms with Crippen molar-refractivity contribution in [3.05, 3.63) is 51.4 Å². The van der Waals surface area contributed by atoms with Crippen LogP contribution in [0.5, 0.6) is 5.75 Å². The van der Waals surface area contributed by atoms with E-state index in [2.05, 4.69) is 15.2 Å². The highest BCUT2D eigenvalue weighted by Crippen LogP contribution is 2.24. The summed E-state index contributed by atoms with van der Waals surface area (Å²) in [4.78, 5) is 27.4. The molecule has 0 saturated carbocycles. The molecule has 2 aromatic heterocycles. The molecule has 1 aromatic carbocycles. The van der Waals surface area contributed by atoms with Gasteiger partial charge < -0.3 is 4.74 Å². The molecule has 8 heteroatoms. The van der Waals surface area contributed by atoms with Gasteiger partial charge in [0, 0.05) is 16.8 Å². The fourth-order valence-corrected chi connectivity index (χ4v) is 4.09. The Balaban J connectivity index is 1.59. The molecule has 0 amide bonds. The van der Waals surface area contributed by atoms with Gasteiger partial charge >= 0.3 is 0 Å². The molecule has 0 bridgehead atoms. The Bertz CT molecular complexity index is 1020. The first kappa shape index (κ1) is 16.8. The van der Waals surface area contributed by atoms with Crippen LogP contribution in [0.15, 0.2) is 34.2 Å². The third-order valence-electron chi connectivity index (χ3n) is 4.59. The summed E-state index contributed by atoms with van der Waals surface area (Å²) in [6, 6.07) is 7.04. The second-order valence-electron chi connectivity index (χ2n) is 6.17. The standard InChI is InChI=1S/C18H18N4O3S/c1-25-12-8-6-11(7-9-12)15(23)10-26-18-21-20-17-19-16(24)13-4-2-3-5-14(13)22(17)18/h6-9H,2-5,10H2,1H3,(H,19,20,24). The van der Waals surface area contributed by atoms with Crippen LogP contribution in [0.4, 0.5) is 0 Å². The molecule has 4 rings (SSSR count). The van der Waals surface area contributed by atoms with E-state index in [9.17, 15) is 9.59 Å². The van der Waals surface area contributed by atoms with E-state index in [1.54, 1.807) is 31.4 Å². The third kappa shape index (κ3) is 3.01. The number of aromatic nitrogens is 4. The first-order chi connectivity index (χ1) is 12.7. The molecule has 0 radical (unpaired) electrons. The van der Waals surface area contributed by atoms with Crippen LogP contribution in [-0.4, -0.2) is 38.2 Å². The Morgan fingerprint density at radius 3 is 2.77 bits per heavy atom. The van der Waals surface area contributed by atoms with Crippen molar-refractivity contribution in [2.24, 2.45) is 0 Å². The number of carbonyl (C=O) groups is 1. The zero-order valence-electron chi connectivity index (χ0n) is 14.3. The highest BCUT2D eigenvalue weighted by atomic mass is 32.2. The van der Waals surface area contributed by atoms with Gasteiger partial charge in [0.1, 0.15) is 5.75 Å². The summed E-state index contributed by atoms with van der Waals surface area (Å²) < 4.78 is 7.00. The Morgan fingerprint density at radius 1 is 1.23 bits per heavy atom. The Hall–Kier alpha value is -2.61. The van der Waals surface area contributed by atoms with Gasteiger partial charge in [0.2, 0.25) is 5.78 Å². The van der Waals surface area contributed by atoms with Crippen LogP contribution < -0.4 is 10.3 Å². The molecular weight excluding hydrogens is 352 g/mol. The fraction of sp³-hybridized carbons (Fsp3) is 0.333. The lowest BCUT2D eigenvalue weighted by Crippen LogP contribution is -2.23. The molecule has 134 valence electrons. The lowest BCUT2D eigenvalue weighted by atomic mass is 9.97. The predicted octanol–water partition coefficient (Wildman–Crippen LogP) is 2.28. The van der Waals surface area contributed by atoms with Crippen molar-refractivity contribution in [3.63, 3.8) is 0 Å². The molecule has 0 fully saturated rings. The minimum atomic E-state index is -0.0783. The number of benzene rings is 1. The maximum Gasteiger partial charge on any atom is 0.255 e. The number of nitrogens with zero attached hydrogens (tertiary/aromatic N) is 3. The maximum atomic E-state index is 12.4. The van der Waals surface area contributed by atoms with Crippen LogP contribution in [0.3, 0.4) is 0 Å². The van der Waals surface area contributed by atoms with Crippen LogP contribution in [0, 0.1) is 0 Å². The number of thioether (sulfide) groups is 1. The Kier molecular flexibility index (Phi) is 4.50. The molecule has 2 heterocycles. The van der Waals surface area contributed by atoms with E-state index in [1.165, 1.54) is 11.8 Å². The van der Waals surface area contributed by atoms with Gasteiger partial charge in [-0.25, -0.2) is 0 Å². The van der Waals surface area contributed by atoms with Gasteiger partial charge in [-0.15, -0.1) is 10.2 Å². The van der Waals surface area contributed by atoms with Gasteiger partial charge in [0.05, 0.1) is 12.9 Å². The van der Waals surface area contributed by atoms with Crippen LogP contribution >= 0.6 is 11.8 Å². The van der Waals surface area contributed by atoms with E-state index in [-0.39, 0.29) is 17.1 Å². The monoisotopic (exact) mass is 370 g/mol. The summed E-state index contributed by atoms with van der Waals surface area (Å²) in [5.41, 5.74) is 2.33. The molecule has 7 nitrogen and oxygen atoms in total. The highest BCUT2D eigenvalue weighted by Gasteiger charge is 2.20. The molecular formula is C18H18N4O3S. The third-order valence-corrected chi connectivity index (χ3v) is 5.51. The van der Waals surface area contributed by atoms with E-state index >= 15 is 0 Å². The summed E-state index contributed by atoms with van der Waals surface area (Å²) in [5.74, 6) is 1.41. The number of hydrogen-bond acceptors (Lipinski definition) is 6. The number of rotatable bonds is 5. The van der Waals surface area contributed by atoms with Crippen molar-refractivity contribution in [2.75, 3.05) is 12.9 Å². The van der Waals surface area contributed by atoms with Gasteiger partial charge in [0.25, 0.3) is 5.56 Å². The zero-order chi connectivity index (χ0) is 18.1. The largest absolute Gasteiger partial charge is 0.497 e. The van der Waals surface area contributed by atoms with Gasteiger partial charge in [-0.05, 0) is 49.9 Å². The predicted molar refractivity (Wildman–Crippen MR) is 98.3 cm³/mol. The number of aryl methyl sites for hydroxylation is 1. The van der Waals surface area contributed by atoms with Crippen molar-refractivity contribution >= 4 is 23.3 Å². The number of nitrogens with one attached hydrogen (secondary N) is 1. The van der Waals surface area contributed by atoms with E-state index in [4.69, 9.17) is 4.74 Å². The number of fused-ring (bicyclic) bond motifs is 3. The maximum absolute atomic E-state index is 12.4. The van der Waals surface area contributed by atoms with Crippen molar-refractivity contribution in [2.45, 2.75) is 30.8 Å². The van der Waals surface area contributed by atoms with Crippen LogP contribution in [0.2, 0.25) is 0 Å². The average Bonchev–Trinajstić information content (AvgIpc) is 3.09. The molecule has 0 atom stereocenters. The molecule has 3 aromatic rings. The second kappa shape index (κ2) is 6.95. The van der Waals surface area contributed by atoms with E-state index in [1.807, 2.05) is 4.40 Å². The molecule has 1 aliphatic rings. The minimum Gasteiger partial charge on any atom is -0.497 e. The molecule has 26 heavy (non-hydrogen) atoms. The summed E-state index contributed by atoms with van der Waals surface area (Å²) >= 11 is 1.33. The fourth-order valence-electron chi connectivity index (χ4n) is 3.24. The lowest BCUT2D eigenvalue weighted by Gasteiger charge is -2.16. The summed E-state index contributed by atoms with van der Waals surface area (Å²) in [6.07, 6.45) is 3.65. The summed E-state index contributed by atoms with van der Waals surface area (Å²) in [5, 5.41) is 8.88. The molecule has 0 unspecified atom stereocenters. The molecule has 0 saturated heterocycles. The van der Waals surface area contributed by atoms with Crippen molar-refractivity contribution in [1.82, 2.24) is 19.6 Å². The Labute approximate surface area is 153 Å². The number of aromatic amines is 1. The average molecular weight is 370 g/mol. The van der Waals surface area contributed by atoms with Crippen LogP contribution in [0.25, 0.3) is 5.78 Å². The van der Waals surface area contributed by atoms with Crippen molar-refractivity contribution in [1.29, 1.82) is 0 Å². The molecule has 0 spiro atoms. The number of ketones is 1.